The van der Waals surface area contributed by atoms with Gasteiger partial charge in [-0.25, -0.2) is 13.6 Å². The quantitative estimate of drug-likeness (QED) is 0.0777. The highest BCUT2D eigenvalue weighted by Crippen LogP contribution is 2.51. The minimum absolute atomic E-state index is 0.00583. The molecule has 1 aliphatic rings. The summed E-state index contributed by atoms with van der Waals surface area (Å²) in [6, 6.07) is 31.2. The molecule has 1 aliphatic heterocycles. The molecule has 9 rings (SSSR count). The molecular weight excluding hydrogens is 1030 g/mol. The number of carbonyl (C=O) groups excluding carboxylic acids is 1. The van der Waals surface area contributed by atoms with Gasteiger partial charge in [-0.05, 0) is 122 Å². The van der Waals surface area contributed by atoms with Gasteiger partial charge < -0.3 is 4.52 Å². The number of hydrogen-bond acceptors (Lipinski definition) is 5. The molecule has 17 heteroatoms. The molecule has 0 saturated carbocycles. The standard InChI is InChI=1S/C61H60F7N4O5P/c1-9-40-22-17-23-41(10-2)53(40)72-54(48-35-70(59(7,8)57(48)69-72)34-42-24-25-43(60(63,64)65)32-49(42)61(66,67)68)44-26-27-50(62)55-45(44)28-29-71(55)51(73)33-58(5,6)52-37(4)46(30-38-18-13-11-14-19-38)36(3)47(56(52)77-78(74,75)76)31-39-20-15-12-16-21-39/h11-29,32H,9-10,30-31,33-35H2,1-8H3,(H2,74,75,76). The van der Waals surface area contributed by atoms with Crippen molar-refractivity contribution in [3.8, 4) is 22.7 Å². The fourth-order valence-corrected chi connectivity index (χ4v) is 12.0. The highest BCUT2D eigenvalue weighted by atomic mass is 31.2. The molecule has 408 valence electrons. The zero-order valence-corrected chi connectivity index (χ0v) is 45.4. The number of aromatic nitrogens is 3. The molecule has 0 saturated heterocycles. The topological polar surface area (TPSA) is 110 Å². The van der Waals surface area contributed by atoms with Crippen molar-refractivity contribution < 1.29 is 54.4 Å². The van der Waals surface area contributed by atoms with Crippen LogP contribution in [0.4, 0.5) is 30.7 Å². The van der Waals surface area contributed by atoms with Gasteiger partial charge in [0.1, 0.15) is 11.6 Å². The Hall–Kier alpha value is -6.84. The second kappa shape index (κ2) is 20.8. The molecule has 2 aromatic heterocycles. The lowest BCUT2D eigenvalue weighted by molar-refractivity contribution is -0.143. The van der Waals surface area contributed by atoms with Gasteiger partial charge in [-0.2, -0.15) is 31.4 Å². The zero-order chi connectivity index (χ0) is 56.4. The van der Waals surface area contributed by atoms with Crippen LogP contribution in [0.3, 0.4) is 0 Å². The van der Waals surface area contributed by atoms with Crippen LogP contribution in [-0.2, 0) is 66.6 Å². The van der Waals surface area contributed by atoms with Gasteiger partial charge in [0.25, 0.3) is 0 Å². The van der Waals surface area contributed by atoms with Crippen LogP contribution in [-0.4, -0.2) is 34.9 Å². The fraction of sp³-hybridized carbons (Fsp3) is 0.311. The number of nitrogens with zero attached hydrogens (tertiary/aromatic N) is 4. The summed E-state index contributed by atoms with van der Waals surface area (Å²) in [6.07, 6.45) is -7.00. The second-order valence-electron chi connectivity index (χ2n) is 21.3. The number of phosphoric ester groups is 1. The number of rotatable bonds is 15. The molecule has 9 nitrogen and oxygen atoms in total. The van der Waals surface area contributed by atoms with E-state index in [-0.39, 0.29) is 48.8 Å². The Balaban J connectivity index is 1.18. The summed E-state index contributed by atoms with van der Waals surface area (Å²) in [5, 5.41) is 5.58. The van der Waals surface area contributed by atoms with E-state index >= 15 is 9.18 Å². The molecule has 0 bridgehead atoms. The molecule has 0 spiro atoms. The van der Waals surface area contributed by atoms with Gasteiger partial charge in [0, 0.05) is 65.2 Å². The number of hydrogen-bond donors (Lipinski definition) is 2. The van der Waals surface area contributed by atoms with Crippen LogP contribution in [0.15, 0.2) is 121 Å². The molecule has 0 atom stereocenters. The summed E-state index contributed by atoms with van der Waals surface area (Å²) >= 11 is 0. The second-order valence-corrected chi connectivity index (χ2v) is 22.5. The monoisotopic (exact) mass is 1090 g/mol. The highest BCUT2D eigenvalue weighted by molar-refractivity contribution is 7.46. The van der Waals surface area contributed by atoms with Crippen LogP contribution in [0.5, 0.6) is 5.75 Å². The van der Waals surface area contributed by atoms with E-state index in [4.69, 9.17) is 9.62 Å². The van der Waals surface area contributed by atoms with Gasteiger partial charge in [0.15, 0.2) is 0 Å². The lowest BCUT2D eigenvalue weighted by atomic mass is 9.74. The molecular formula is C61H60F7N4O5P. The van der Waals surface area contributed by atoms with E-state index in [0.717, 1.165) is 45.1 Å². The van der Waals surface area contributed by atoms with Crippen molar-refractivity contribution >= 4 is 24.6 Å². The van der Waals surface area contributed by atoms with E-state index in [9.17, 15) is 40.7 Å². The van der Waals surface area contributed by atoms with Crippen molar-refractivity contribution in [3.05, 3.63) is 205 Å². The zero-order valence-electron chi connectivity index (χ0n) is 44.5. The molecule has 78 heavy (non-hydrogen) atoms. The predicted molar refractivity (Wildman–Crippen MR) is 287 cm³/mol. The molecule has 0 radical (unpaired) electrons. The van der Waals surface area contributed by atoms with E-state index in [1.165, 1.54) is 16.8 Å². The maximum atomic E-state index is 16.8. The summed E-state index contributed by atoms with van der Waals surface area (Å²) in [4.78, 5) is 37.9. The maximum Gasteiger partial charge on any atom is 0.524 e. The van der Waals surface area contributed by atoms with Gasteiger partial charge >= 0.3 is 20.2 Å². The number of alkyl halides is 6. The van der Waals surface area contributed by atoms with Crippen LogP contribution in [0.1, 0.15) is 131 Å². The largest absolute Gasteiger partial charge is 0.524 e. The number of benzene rings is 6. The number of carbonyl (C=O) groups is 1. The number of aryl methyl sites for hydroxylation is 2. The van der Waals surface area contributed by atoms with Crippen molar-refractivity contribution in [2.24, 2.45) is 0 Å². The van der Waals surface area contributed by atoms with Crippen LogP contribution in [0, 0.1) is 19.7 Å². The Morgan fingerprint density at radius 3 is 1.92 bits per heavy atom. The average molecular weight is 1090 g/mol. The third-order valence-corrected chi connectivity index (χ3v) is 15.9. The van der Waals surface area contributed by atoms with E-state index < -0.39 is 54.0 Å². The van der Waals surface area contributed by atoms with Gasteiger partial charge in [-0.3, -0.25) is 24.0 Å². The van der Waals surface area contributed by atoms with Crippen molar-refractivity contribution in [1.29, 1.82) is 0 Å². The Labute approximate surface area is 448 Å². The van der Waals surface area contributed by atoms with E-state index in [1.807, 2.05) is 107 Å². The van der Waals surface area contributed by atoms with Crippen molar-refractivity contribution in [3.63, 3.8) is 0 Å². The van der Waals surface area contributed by atoms with Gasteiger partial charge in [-0.15, -0.1) is 0 Å². The molecule has 0 fully saturated rings. The Bertz CT molecular complexity index is 3630. The lowest BCUT2D eigenvalue weighted by Gasteiger charge is -2.33. The van der Waals surface area contributed by atoms with Crippen molar-refractivity contribution in [1.82, 2.24) is 19.2 Å². The predicted octanol–water partition coefficient (Wildman–Crippen LogP) is 15.3. The SMILES string of the molecule is CCc1cccc(CC)c1-n1nc2c(c1-c1ccc(F)c3c1ccn3C(=O)CC(C)(C)c1c(C)c(Cc3ccccc3)c(C)c(Cc3ccccc3)c1OP(=O)(O)O)CN(Cc1ccc(C(F)(F)F)cc1C(F)(F)F)C2(C)C. The number of fused-ring (bicyclic) bond motifs is 2. The summed E-state index contributed by atoms with van der Waals surface area (Å²) in [7, 11) is -5.21. The van der Waals surface area contributed by atoms with Gasteiger partial charge in [0.05, 0.1) is 39.3 Å². The van der Waals surface area contributed by atoms with Crippen LogP contribution in [0.2, 0.25) is 0 Å². The first-order chi connectivity index (χ1) is 36.6. The number of phosphoric acid groups is 1. The summed E-state index contributed by atoms with van der Waals surface area (Å²) in [5.41, 5.74) is 4.33. The summed E-state index contributed by atoms with van der Waals surface area (Å²) in [5.74, 6) is -1.31. The van der Waals surface area contributed by atoms with Gasteiger partial charge in [0.2, 0.25) is 5.91 Å². The maximum absolute atomic E-state index is 16.8. The molecule has 0 aliphatic carbocycles. The smallest absolute Gasteiger partial charge is 0.404 e. The van der Waals surface area contributed by atoms with E-state index in [1.54, 1.807) is 49.4 Å². The molecule has 0 amide bonds. The van der Waals surface area contributed by atoms with Crippen LogP contribution < -0.4 is 4.52 Å². The third kappa shape index (κ3) is 10.6. The Kier molecular flexibility index (Phi) is 14.9. The Morgan fingerprint density at radius 1 is 0.756 bits per heavy atom. The van der Waals surface area contributed by atoms with Crippen molar-refractivity contribution in [2.45, 2.75) is 124 Å². The lowest BCUT2D eigenvalue weighted by Crippen LogP contribution is -2.36. The Morgan fingerprint density at radius 2 is 1.36 bits per heavy atom. The van der Waals surface area contributed by atoms with E-state index in [2.05, 4.69) is 0 Å². The number of para-hydroxylation sites is 1. The first-order valence-corrected chi connectivity index (χ1v) is 27.2. The summed E-state index contributed by atoms with van der Waals surface area (Å²) in [6.45, 7) is 14.5. The van der Waals surface area contributed by atoms with Gasteiger partial charge in [-0.1, -0.05) is 113 Å². The molecule has 0 unspecified atom stereocenters. The average Bonchev–Trinajstić information content (AvgIpc) is 4.19. The van der Waals surface area contributed by atoms with Crippen molar-refractivity contribution in [2.75, 3.05) is 0 Å². The third-order valence-electron chi connectivity index (χ3n) is 15.5. The first kappa shape index (κ1) is 55.9. The van der Waals surface area contributed by atoms with E-state index in [0.29, 0.717) is 69.9 Å². The highest BCUT2D eigenvalue weighted by Gasteiger charge is 2.46. The molecule has 2 N–H and O–H groups in total. The number of halogens is 7. The normalized spacial score (nSPS) is 14.1. The van der Waals surface area contributed by atoms with Crippen LogP contribution in [0.25, 0.3) is 27.8 Å². The fourth-order valence-electron chi connectivity index (χ4n) is 11.6. The van der Waals surface area contributed by atoms with Crippen LogP contribution >= 0.6 is 7.82 Å². The molecule has 3 heterocycles. The molecule has 8 aromatic rings. The minimum atomic E-state index is -5.21. The molecule has 6 aromatic carbocycles. The first-order valence-electron chi connectivity index (χ1n) is 25.7. The summed E-state index contributed by atoms with van der Waals surface area (Å²) < 4.78 is 123. The minimum Gasteiger partial charge on any atom is -0.404 e.